The first-order valence-corrected chi connectivity index (χ1v) is 9.05. The van der Waals surface area contributed by atoms with Crippen LogP contribution in [0.4, 0.5) is 0 Å². The molecule has 0 spiro atoms. The summed E-state index contributed by atoms with van der Waals surface area (Å²) in [4.78, 5) is 19.8. The summed E-state index contributed by atoms with van der Waals surface area (Å²) < 4.78 is 5.35. The highest BCUT2D eigenvalue weighted by Gasteiger charge is 2.30. The lowest BCUT2D eigenvalue weighted by molar-refractivity contribution is -0.126. The van der Waals surface area contributed by atoms with Crippen molar-refractivity contribution in [3.63, 3.8) is 0 Å². The zero-order valence-corrected chi connectivity index (χ0v) is 13.7. The first-order chi connectivity index (χ1) is 11.3. The highest BCUT2D eigenvalue weighted by atomic mass is 32.1. The number of amides is 1. The zero-order valence-electron chi connectivity index (χ0n) is 12.9. The molecule has 0 aromatic carbocycles. The third-order valence-electron chi connectivity index (χ3n) is 4.45. The smallest absolute Gasteiger partial charge is 0.241 e. The molecule has 2 fully saturated rings. The minimum Gasteiger partial charge on any atom is -0.353 e. The fourth-order valence-electron chi connectivity index (χ4n) is 2.92. The SMILES string of the molecule is O=C(NC1CC1)C1CCN(Cc2nc(-c3cccs3)no2)CC1. The van der Waals surface area contributed by atoms with Gasteiger partial charge in [0.25, 0.3) is 0 Å². The van der Waals surface area contributed by atoms with E-state index in [0.717, 1.165) is 43.6 Å². The molecule has 1 saturated heterocycles. The molecule has 1 aliphatic heterocycles. The van der Waals surface area contributed by atoms with Gasteiger partial charge in [-0.3, -0.25) is 9.69 Å². The number of hydrogen-bond acceptors (Lipinski definition) is 6. The maximum absolute atomic E-state index is 12.1. The van der Waals surface area contributed by atoms with Gasteiger partial charge in [-0.15, -0.1) is 11.3 Å². The standard InChI is InChI=1S/C16H20N4O2S/c21-16(17-12-3-4-12)11-5-7-20(8-6-11)10-14-18-15(19-22-14)13-2-1-9-23-13/h1-2,9,11-12H,3-8,10H2,(H,17,21). The molecule has 122 valence electrons. The van der Waals surface area contributed by atoms with Crippen LogP contribution in [0.1, 0.15) is 31.6 Å². The first kappa shape index (κ1) is 14.8. The van der Waals surface area contributed by atoms with Gasteiger partial charge in [0.15, 0.2) is 0 Å². The van der Waals surface area contributed by atoms with Crippen LogP contribution in [0.15, 0.2) is 22.0 Å². The van der Waals surface area contributed by atoms with Crippen LogP contribution in [0, 0.1) is 5.92 Å². The quantitative estimate of drug-likeness (QED) is 0.909. The summed E-state index contributed by atoms with van der Waals surface area (Å²) in [5.74, 6) is 1.71. The summed E-state index contributed by atoms with van der Waals surface area (Å²) in [6, 6.07) is 4.42. The molecule has 7 heteroatoms. The largest absolute Gasteiger partial charge is 0.353 e. The molecule has 1 N–H and O–H groups in total. The second-order valence-corrected chi connectivity index (χ2v) is 7.27. The summed E-state index contributed by atoms with van der Waals surface area (Å²) in [6.45, 7) is 2.47. The predicted molar refractivity (Wildman–Crippen MR) is 86.8 cm³/mol. The van der Waals surface area contributed by atoms with Gasteiger partial charge >= 0.3 is 0 Å². The van der Waals surface area contributed by atoms with Crippen molar-refractivity contribution in [3.05, 3.63) is 23.4 Å². The van der Waals surface area contributed by atoms with Crippen molar-refractivity contribution in [2.75, 3.05) is 13.1 Å². The Bertz CT molecular complexity index is 657. The Hall–Kier alpha value is -1.73. The number of hydrogen-bond donors (Lipinski definition) is 1. The molecule has 23 heavy (non-hydrogen) atoms. The van der Waals surface area contributed by atoms with E-state index >= 15 is 0 Å². The molecule has 0 radical (unpaired) electrons. The number of piperidine rings is 1. The van der Waals surface area contributed by atoms with E-state index in [2.05, 4.69) is 20.4 Å². The lowest BCUT2D eigenvalue weighted by Crippen LogP contribution is -2.40. The van der Waals surface area contributed by atoms with Gasteiger partial charge in [0, 0.05) is 12.0 Å². The van der Waals surface area contributed by atoms with Gasteiger partial charge in [-0.2, -0.15) is 4.98 Å². The number of nitrogens with one attached hydrogen (secondary N) is 1. The van der Waals surface area contributed by atoms with E-state index in [1.165, 1.54) is 0 Å². The normalized spacial score (nSPS) is 19.8. The Morgan fingerprint density at radius 1 is 1.35 bits per heavy atom. The van der Waals surface area contributed by atoms with Gasteiger partial charge in [-0.1, -0.05) is 11.2 Å². The Kier molecular flexibility index (Phi) is 4.13. The third kappa shape index (κ3) is 3.61. The van der Waals surface area contributed by atoms with Crippen LogP contribution in [-0.2, 0) is 11.3 Å². The Morgan fingerprint density at radius 2 is 2.17 bits per heavy atom. The molecule has 2 aromatic rings. The summed E-state index contributed by atoms with van der Waals surface area (Å²) in [5.41, 5.74) is 0. The van der Waals surface area contributed by atoms with Crippen LogP contribution in [0.2, 0.25) is 0 Å². The fourth-order valence-corrected chi connectivity index (χ4v) is 3.57. The zero-order chi connectivity index (χ0) is 15.6. The average molecular weight is 332 g/mol. The highest BCUT2D eigenvalue weighted by Crippen LogP contribution is 2.24. The van der Waals surface area contributed by atoms with Crippen LogP contribution >= 0.6 is 11.3 Å². The monoisotopic (exact) mass is 332 g/mol. The van der Waals surface area contributed by atoms with Crippen molar-refractivity contribution >= 4 is 17.2 Å². The van der Waals surface area contributed by atoms with Crippen molar-refractivity contribution in [1.82, 2.24) is 20.4 Å². The number of carbonyl (C=O) groups excluding carboxylic acids is 1. The molecule has 4 rings (SSSR count). The molecular formula is C16H20N4O2S. The van der Waals surface area contributed by atoms with E-state index in [0.29, 0.717) is 24.3 Å². The Morgan fingerprint density at radius 3 is 2.87 bits per heavy atom. The van der Waals surface area contributed by atoms with Gasteiger partial charge in [0.05, 0.1) is 11.4 Å². The molecule has 0 atom stereocenters. The molecule has 0 bridgehead atoms. The number of carbonyl (C=O) groups is 1. The number of thiophene rings is 1. The van der Waals surface area contributed by atoms with Crippen LogP contribution in [0.5, 0.6) is 0 Å². The number of rotatable bonds is 5. The molecule has 0 unspecified atom stereocenters. The predicted octanol–water partition coefficient (Wildman–Crippen LogP) is 2.29. The van der Waals surface area contributed by atoms with Crippen LogP contribution < -0.4 is 5.32 Å². The molecule has 3 heterocycles. The van der Waals surface area contributed by atoms with Gasteiger partial charge < -0.3 is 9.84 Å². The van der Waals surface area contributed by atoms with Gasteiger partial charge in [0.1, 0.15) is 0 Å². The van der Waals surface area contributed by atoms with E-state index in [1.54, 1.807) is 11.3 Å². The van der Waals surface area contributed by atoms with Crippen molar-refractivity contribution in [1.29, 1.82) is 0 Å². The Labute approximate surface area is 138 Å². The number of likely N-dealkylation sites (tertiary alicyclic amines) is 1. The van der Waals surface area contributed by atoms with Crippen molar-refractivity contribution in [2.45, 2.75) is 38.3 Å². The average Bonchev–Trinajstić information content (AvgIpc) is 3.04. The van der Waals surface area contributed by atoms with Crippen LogP contribution in [-0.4, -0.2) is 40.1 Å². The Balaban J connectivity index is 1.28. The van der Waals surface area contributed by atoms with Gasteiger partial charge in [-0.25, -0.2) is 0 Å². The topological polar surface area (TPSA) is 71.3 Å². The minimum atomic E-state index is 0.163. The molecule has 1 saturated carbocycles. The molecule has 1 amide bonds. The molecular weight excluding hydrogens is 312 g/mol. The molecule has 2 aromatic heterocycles. The van der Waals surface area contributed by atoms with Crippen molar-refractivity contribution in [3.8, 4) is 10.7 Å². The van der Waals surface area contributed by atoms with Gasteiger partial charge in [0.2, 0.25) is 17.6 Å². The number of nitrogens with zero attached hydrogens (tertiary/aromatic N) is 3. The molecule has 6 nitrogen and oxygen atoms in total. The minimum absolute atomic E-state index is 0.163. The molecule has 2 aliphatic rings. The fraction of sp³-hybridized carbons (Fsp3) is 0.562. The van der Waals surface area contributed by atoms with Crippen LogP contribution in [0.3, 0.4) is 0 Å². The second kappa shape index (κ2) is 6.41. The van der Waals surface area contributed by atoms with E-state index in [1.807, 2.05) is 17.5 Å². The summed E-state index contributed by atoms with van der Waals surface area (Å²) in [5, 5.41) is 9.15. The van der Waals surface area contributed by atoms with Crippen molar-refractivity contribution in [2.24, 2.45) is 5.92 Å². The van der Waals surface area contributed by atoms with Crippen LogP contribution in [0.25, 0.3) is 10.7 Å². The third-order valence-corrected chi connectivity index (χ3v) is 5.32. The van der Waals surface area contributed by atoms with E-state index in [4.69, 9.17) is 4.52 Å². The van der Waals surface area contributed by atoms with Gasteiger partial charge in [-0.05, 0) is 50.2 Å². The lowest BCUT2D eigenvalue weighted by atomic mass is 9.96. The van der Waals surface area contributed by atoms with Crippen molar-refractivity contribution < 1.29 is 9.32 Å². The summed E-state index contributed by atoms with van der Waals surface area (Å²) in [6.07, 6.45) is 4.11. The first-order valence-electron chi connectivity index (χ1n) is 8.17. The highest BCUT2D eigenvalue weighted by molar-refractivity contribution is 7.13. The summed E-state index contributed by atoms with van der Waals surface area (Å²) in [7, 11) is 0. The lowest BCUT2D eigenvalue weighted by Gasteiger charge is -2.30. The number of aromatic nitrogens is 2. The van der Waals surface area contributed by atoms with E-state index in [9.17, 15) is 4.79 Å². The van der Waals surface area contributed by atoms with E-state index in [-0.39, 0.29) is 11.8 Å². The summed E-state index contributed by atoms with van der Waals surface area (Å²) >= 11 is 1.61. The molecule has 1 aliphatic carbocycles. The second-order valence-electron chi connectivity index (χ2n) is 6.32. The maximum Gasteiger partial charge on any atom is 0.241 e. The maximum atomic E-state index is 12.1. The van der Waals surface area contributed by atoms with E-state index < -0.39 is 0 Å².